The number of hydrogen-bond donors (Lipinski definition) is 2. The quantitative estimate of drug-likeness (QED) is 0.727. The van der Waals surface area contributed by atoms with Gasteiger partial charge in [-0.3, -0.25) is 0 Å². The van der Waals surface area contributed by atoms with Crippen molar-refractivity contribution in [1.82, 2.24) is 5.32 Å². The molecule has 13 heavy (non-hydrogen) atoms. The van der Waals surface area contributed by atoms with Gasteiger partial charge in [0.25, 0.3) is 0 Å². The zero-order valence-electron chi connectivity index (χ0n) is 8.06. The normalized spacial score (nSPS) is 13.9. The number of fused-ring (bicyclic) bond motifs is 1. The van der Waals surface area contributed by atoms with Gasteiger partial charge in [0.1, 0.15) is 0 Å². The van der Waals surface area contributed by atoms with Gasteiger partial charge < -0.3 is 10.6 Å². The van der Waals surface area contributed by atoms with Gasteiger partial charge in [-0.1, -0.05) is 12.1 Å². The van der Waals surface area contributed by atoms with Crippen LogP contribution in [0, 0.1) is 0 Å². The van der Waals surface area contributed by atoms with E-state index in [1.807, 2.05) is 7.05 Å². The molecule has 2 rings (SSSR count). The fraction of sp³-hybridized carbons (Fsp3) is 0.455. The first-order valence-corrected chi connectivity index (χ1v) is 4.90. The second-order valence-electron chi connectivity index (χ2n) is 3.52. The van der Waals surface area contributed by atoms with Crippen molar-refractivity contribution in [3.8, 4) is 0 Å². The maximum Gasteiger partial charge on any atom is 0.0376 e. The Bertz CT molecular complexity index is 294. The van der Waals surface area contributed by atoms with Gasteiger partial charge in [-0.05, 0) is 43.6 Å². The van der Waals surface area contributed by atoms with E-state index in [-0.39, 0.29) is 0 Å². The number of anilines is 1. The lowest BCUT2D eigenvalue weighted by Crippen LogP contribution is -2.10. The van der Waals surface area contributed by atoms with Gasteiger partial charge in [0, 0.05) is 12.2 Å². The van der Waals surface area contributed by atoms with Crippen molar-refractivity contribution in [2.24, 2.45) is 0 Å². The average Bonchev–Trinajstić information content (AvgIpc) is 2.61. The molecule has 0 radical (unpaired) electrons. The minimum absolute atomic E-state index is 1.05. The van der Waals surface area contributed by atoms with Crippen LogP contribution < -0.4 is 10.6 Å². The minimum Gasteiger partial charge on any atom is -0.384 e. The molecule has 2 N–H and O–H groups in total. The monoisotopic (exact) mass is 176 g/mol. The molecule has 0 unspecified atom stereocenters. The molecule has 70 valence electrons. The number of nitrogens with one attached hydrogen (secondary N) is 2. The minimum atomic E-state index is 1.05. The van der Waals surface area contributed by atoms with E-state index in [1.54, 1.807) is 0 Å². The summed E-state index contributed by atoms with van der Waals surface area (Å²) in [5.74, 6) is 0. The van der Waals surface area contributed by atoms with E-state index in [0.717, 1.165) is 19.5 Å². The smallest absolute Gasteiger partial charge is 0.0376 e. The van der Waals surface area contributed by atoms with E-state index < -0.39 is 0 Å². The summed E-state index contributed by atoms with van der Waals surface area (Å²) in [4.78, 5) is 0. The van der Waals surface area contributed by atoms with Crippen LogP contribution in [-0.4, -0.2) is 20.1 Å². The molecule has 1 aliphatic rings. The predicted molar refractivity (Wildman–Crippen MR) is 56.3 cm³/mol. The molecule has 2 heteroatoms. The summed E-state index contributed by atoms with van der Waals surface area (Å²) in [5, 5.41) is 6.56. The number of hydrogen-bond acceptors (Lipinski definition) is 2. The molecule has 0 aromatic heterocycles. The summed E-state index contributed by atoms with van der Waals surface area (Å²) in [6.07, 6.45) is 2.30. The Morgan fingerprint density at radius 3 is 3.23 bits per heavy atom. The molecule has 0 bridgehead atoms. The van der Waals surface area contributed by atoms with Crippen LogP contribution >= 0.6 is 0 Å². The molecule has 0 aliphatic carbocycles. The molecule has 1 aromatic rings. The van der Waals surface area contributed by atoms with Crippen molar-refractivity contribution in [1.29, 1.82) is 0 Å². The lowest BCUT2D eigenvalue weighted by Gasteiger charge is -2.04. The first kappa shape index (κ1) is 8.57. The molecule has 0 atom stereocenters. The second kappa shape index (κ2) is 3.79. The topological polar surface area (TPSA) is 24.1 Å². The van der Waals surface area contributed by atoms with E-state index >= 15 is 0 Å². The number of benzene rings is 1. The van der Waals surface area contributed by atoms with Gasteiger partial charge in [0.05, 0.1) is 0 Å². The largest absolute Gasteiger partial charge is 0.384 e. The zero-order chi connectivity index (χ0) is 9.10. The molecule has 0 fully saturated rings. The Morgan fingerprint density at radius 1 is 1.46 bits per heavy atom. The Kier molecular flexibility index (Phi) is 2.50. The molecular formula is C11H16N2. The summed E-state index contributed by atoms with van der Waals surface area (Å²) in [7, 11) is 1.99. The second-order valence-corrected chi connectivity index (χ2v) is 3.52. The van der Waals surface area contributed by atoms with Gasteiger partial charge in [0.15, 0.2) is 0 Å². The lowest BCUT2D eigenvalue weighted by atomic mass is 10.1. The fourth-order valence-corrected chi connectivity index (χ4v) is 1.76. The van der Waals surface area contributed by atoms with E-state index in [9.17, 15) is 0 Å². The summed E-state index contributed by atoms with van der Waals surface area (Å²) in [6, 6.07) is 6.77. The van der Waals surface area contributed by atoms with Crippen LogP contribution in [0.2, 0.25) is 0 Å². The molecule has 1 aromatic carbocycles. The average molecular weight is 176 g/mol. The SMILES string of the molecule is CNCCc1ccc2c(c1)NCC2. The Labute approximate surface area is 79.4 Å². The maximum absolute atomic E-state index is 3.40. The maximum atomic E-state index is 3.40. The first-order valence-electron chi connectivity index (χ1n) is 4.90. The molecule has 1 aliphatic heterocycles. The third kappa shape index (κ3) is 1.83. The van der Waals surface area contributed by atoms with Crippen LogP contribution in [0.15, 0.2) is 18.2 Å². The van der Waals surface area contributed by atoms with E-state index in [1.165, 1.54) is 23.2 Å². The molecular weight excluding hydrogens is 160 g/mol. The van der Waals surface area contributed by atoms with Crippen LogP contribution in [0.1, 0.15) is 11.1 Å². The Balaban J connectivity index is 2.12. The zero-order valence-corrected chi connectivity index (χ0v) is 8.06. The van der Waals surface area contributed by atoms with Crippen LogP contribution in [-0.2, 0) is 12.8 Å². The Morgan fingerprint density at radius 2 is 2.38 bits per heavy atom. The van der Waals surface area contributed by atoms with Crippen molar-refractivity contribution in [3.63, 3.8) is 0 Å². The van der Waals surface area contributed by atoms with Crippen molar-refractivity contribution >= 4 is 5.69 Å². The highest BCUT2D eigenvalue weighted by Gasteiger charge is 2.09. The van der Waals surface area contributed by atoms with Gasteiger partial charge in [-0.25, -0.2) is 0 Å². The van der Waals surface area contributed by atoms with Gasteiger partial charge in [-0.15, -0.1) is 0 Å². The first-order chi connectivity index (χ1) is 6.40. The summed E-state index contributed by atoms with van der Waals surface area (Å²) >= 11 is 0. The predicted octanol–water partition coefficient (Wildman–Crippen LogP) is 1.42. The summed E-state index contributed by atoms with van der Waals surface area (Å²) in [6.45, 7) is 2.16. The van der Waals surface area contributed by atoms with Gasteiger partial charge >= 0.3 is 0 Å². The molecule has 2 nitrogen and oxygen atoms in total. The number of rotatable bonds is 3. The summed E-state index contributed by atoms with van der Waals surface area (Å²) < 4.78 is 0. The third-order valence-corrected chi connectivity index (χ3v) is 2.55. The van der Waals surface area contributed by atoms with Crippen LogP contribution in [0.25, 0.3) is 0 Å². The highest BCUT2D eigenvalue weighted by atomic mass is 14.9. The lowest BCUT2D eigenvalue weighted by molar-refractivity contribution is 0.792. The highest BCUT2D eigenvalue weighted by Crippen LogP contribution is 2.23. The molecule has 0 saturated carbocycles. The van der Waals surface area contributed by atoms with Crippen molar-refractivity contribution < 1.29 is 0 Å². The fourth-order valence-electron chi connectivity index (χ4n) is 1.76. The highest BCUT2D eigenvalue weighted by molar-refractivity contribution is 5.57. The third-order valence-electron chi connectivity index (χ3n) is 2.55. The van der Waals surface area contributed by atoms with Crippen molar-refractivity contribution in [2.45, 2.75) is 12.8 Å². The van der Waals surface area contributed by atoms with Crippen LogP contribution in [0.5, 0.6) is 0 Å². The Hall–Kier alpha value is -1.02. The molecule has 1 heterocycles. The van der Waals surface area contributed by atoms with Crippen LogP contribution in [0.4, 0.5) is 5.69 Å². The van der Waals surface area contributed by atoms with E-state index in [2.05, 4.69) is 28.8 Å². The van der Waals surface area contributed by atoms with Gasteiger partial charge in [-0.2, -0.15) is 0 Å². The summed E-state index contributed by atoms with van der Waals surface area (Å²) in [5.41, 5.74) is 4.23. The molecule has 0 spiro atoms. The number of likely N-dealkylation sites (N-methyl/N-ethyl adjacent to an activating group) is 1. The van der Waals surface area contributed by atoms with Crippen molar-refractivity contribution in [3.05, 3.63) is 29.3 Å². The standard InChI is InChI=1S/C11H16N2/c1-12-6-4-9-2-3-10-5-7-13-11(10)8-9/h2-3,8,12-13H,4-7H2,1H3. The van der Waals surface area contributed by atoms with Gasteiger partial charge in [0.2, 0.25) is 0 Å². The molecule has 0 amide bonds. The van der Waals surface area contributed by atoms with E-state index in [4.69, 9.17) is 0 Å². The van der Waals surface area contributed by atoms with E-state index in [0.29, 0.717) is 0 Å². The van der Waals surface area contributed by atoms with Crippen LogP contribution in [0.3, 0.4) is 0 Å². The molecule has 0 saturated heterocycles. The van der Waals surface area contributed by atoms with Crippen molar-refractivity contribution in [2.75, 3.05) is 25.5 Å².